The molecule has 2 unspecified atom stereocenters. The Balaban J connectivity index is 2.03. The van der Waals surface area contributed by atoms with E-state index in [0.29, 0.717) is 5.92 Å². The molecule has 16 heavy (non-hydrogen) atoms. The third kappa shape index (κ3) is 2.50. The maximum atomic E-state index is 11.8. The summed E-state index contributed by atoms with van der Waals surface area (Å²) in [7, 11) is 0. The highest BCUT2D eigenvalue weighted by Crippen LogP contribution is 2.24. The van der Waals surface area contributed by atoms with Crippen molar-refractivity contribution in [2.75, 3.05) is 0 Å². The summed E-state index contributed by atoms with van der Waals surface area (Å²) >= 11 is 5.68. The van der Waals surface area contributed by atoms with E-state index in [1.807, 2.05) is 0 Å². The number of hydrogen-bond acceptors (Lipinski definition) is 3. The van der Waals surface area contributed by atoms with E-state index in [1.165, 1.54) is 25.2 Å². The van der Waals surface area contributed by atoms with Crippen molar-refractivity contribution in [1.82, 2.24) is 15.3 Å². The summed E-state index contributed by atoms with van der Waals surface area (Å²) in [6.07, 6.45) is 6.23. The molecular formula is C11H14ClN3O. The molecule has 1 aliphatic rings. The standard InChI is InChI=1S/C11H14ClN3O/c1-7-3-2-4-8(7)15-11(16)9-5-13-6-10(12)14-9/h5-8H,2-4H2,1H3,(H,15,16). The van der Waals surface area contributed by atoms with Crippen LogP contribution in [0.1, 0.15) is 36.7 Å². The SMILES string of the molecule is CC1CCCC1NC(=O)c1cncc(Cl)n1. The van der Waals surface area contributed by atoms with Crippen molar-refractivity contribution in [1.29, 1.82) is 0 Å². The Kier molecular flexibility index (Phi) is 3.39. The van der Waals surface area contributed by atoms with E-state index in [0.717, 1.165) is 6.42 Å². The molecule has 1 aromatic heterocycles. The van der Waals surface area contributed by atoms with E-state index >= 15 is 0 Å². The van der Waals surface area contributed by atoms with Crippen molar-refractivity contribution in [3.8, 4) is 0 Å². The summed E-state index contributed by atoms with van der Waals surface area (Å²) in [6.45, 7) is 2.15. The van der Waals surface area contributed by atoms with Gasteiger partial charge < -0.3 is 5.32 Å². The molecule has 1 fully saturated rings. The minimum atomic E-state index is -0.186. The second-order valence-electron chi connectivity index (χ2n) is 4.22. The molecule has 1 saturated carbocycles. The molecule has 0 bridgehead atoms. The van der Waals surface area contributed by atoms with Crippen LogP contribution in [0.5, 0.6) is 0 Å². The fourth-order valence-electron chi connectivity index (χ4n) is 2.05. The monoisotopic (exact) mass is 239 g/mol. The Morgan fingerprint density at radius 1 is 1.50 bits per heavy atom. The molecule has 1 aromatic rings. The maximum absolute atomic E-state index is 11.8. The van der Waals surface area contributed by atoms with Gasteiger partial charge in [0.1, 0.15) is 10.8 Å². The Bertz CT molecular complexity index is 397. The van der Waals surface area contributed by atoms with Crippen LogP contribution in [0.4, 0.5) is 0 Å². The summed E-state index contributed by atoms with van der Waals surface area (Å²) in [4.78, 5) is 19.6. The van der Waals surface area contributed by atoms with Crippen molar-refractivity contribution in [3.63, 3.8) is 0 Å². The highest BCUT2D eigenvalue weighted by atomic mass is 35.5. The molecule has 1 amide bonds. The first-order chi connectivity index (χ1) is 7.66. The minimum absolute atomic E-state index is 0.186. The zero-order chi connectivity index (χ0) is 11.5. The smallest absolute Gasteiger partial charge is 0.271 e. The van der Waals surface area contributed by atoms with E-state index < -0.39 is 0 Å². The molecule has 4 nitrogen and oxygen atoms in total. The van der Waals surface area contributed by atoms with Gasteiger partial charge in [-0.3, -0.25) is 9.78 Å². The molecule has 86 valence electrons. The van der Waals surface area contributed by atoms with Crippen LogP contribution in [0.25, 0.3) is 0 Å². The first-order valence-corrected chi connectivity index (χ1v) is 5.83. The van der Waals surface area contributed by atoms with Gasteiger partial charge in [-0.2, -0.15) is 0 Å². The molecule has 1 heterocycles. The van der Waals surface area contributed by atoms with Crippen molar-refractivity contribution in [3.05, 3.63) is 23.2 Å². The molecule has 2 atom stereocenters. The second kappa shape index (κ2) is 4.78. The third-order valence-electron chi connectivity index (χ3n) is 3.02. The molecule has 0 aromatic carbocycles. The van der Waals surface area contributed by atoms with Gasteiger partial charge in [0, 0.05) is 6.04 Å². The fourth-order valence-corrected chi connectivity index (χ4v) is 2.20. The normalized spacial score (nSPS) is 24.4. The van der Waals surface area contributed by atoms with Gasteiger partial charge in [-0.15, -0.1) is 0 Å². The zero-order valence-corrected chi connectivity index (χ0v) is 9.87. The molecule has 0 radical (unpaired) electrons. The highest BCUT2D eigenvalue weighted by molar-refractivity contribution is 6.29. The van der Waals surface area contributed by atoms with Crippen LogP contribution in [-0.2, 0) is 0 Å². The topological polar surface area (TPSA) is 54.9 Å². The summed E-state index contributed by atoms with van der Waals surface area (Å²) in [5.41, 5.74) is 0.284. The van der Waals surface area contributed by atoms with E-state index in [-0.39, 0.29) is 22.8 Å². The van der Waals surface area contributed by atoms with Crippen LogP contribution < -0.4 is 5.32 Å². The molecule has 1 N–H and O–H groups in total. The third-order valence-corrected chi connectivity index (χ3v) is 3.20. The highest BCUT2D eigenvalue weighted by Gasteiger charge is 2.25. The molecule has 0 saturated heterocycles. The predicted octanol–water partition coefficient (Wildman–Crippen LogP) is 2.05. The first kappa shape index (κ1) is 11.3. The number of rotatable bonds is 2. The van der Waals surface area contributed by atoms with Gasteiger partial charge >= 0.3 is 0 Å². The van der Waals surface area contributed by atoms with E-state index in [9.17, 15) is 4.79 Å². The molecule has 2 rings (SSSR count). The zero-order valence-electron chi connectivity index (χ0n) is 9.11. The van der Waals surface area contributed by atoms with Gasteiger partial charge in [-0.05, 0) is 18.8 Å². The number of nitrogens with one attached hydrogen (secondary N) is 1. The number of nitrogens with zero attached hydrogens (tertiary/aromatic N) is 2. The van der Waals surface area contributed by atoms with Crippen molar-refractivity contribution >= 4 is 17.5 Å². The summed E-state index contributed by atoms with van der Waals surface area (Å²) in [5, 5.41) is 3.21. The second-order valence-corrected chi connectivity index (χ2v) is 4.60. The van der Waals surface area contributed by atoms with Gasteiger partial charge in [0.25, 0.3) is 5.91 Å². The molecular weight excluding hydrogens is 226 g/mol. The molecule has 5 heteroatoms. The number of halogens is 1. The lowest BCUT2D eigenvalue weighted by Gasteiger charge is -2.16. The fraction of sp³-hybridized carbons (Fsp3) is 0.545. The average molecular weight is 240 g/mol. The average Bonchev–Trinajstić information content (AvgIpc) is 2.64. The van der Waals surface area contributed by atoms with Crippen LogP contribution >= 0.6 is 11.6 Å². The van der Waals surface area contributed by atoms with Gasteiger partial charge in [0.15, 0.2) is 0 Å². The lowest BCUT2D eigenvalue weighted by molar-refractivity contribution is 0.0924. The lowest BCUT2D eigenvalue weighted by atomic mass is 10.1. The Hall–Kier alpha value is -1.16. The van der Waals surface area contributed by atoms with Gasteiger partial charge in [0.2, 0.25) is 0 Å². The number of carbonyl (C=O) groups is 1. The predicted molar refractivity (Wildman–Crippen MR) is 61.3 cm³/mol. The summed E-state index contributed by atoms with van der Waals surface area (Å²) in [5.74, 6) is 0.352. The van der Waals surface area contributed by atoms with Gasteiger partial charge in [0.05, 0.1) is 12.4 Å². The first-order valence-electron chi connectivity index (χ1n) is 5.45. The van der Waals surface area contributed by atoms with Crippen LogP contribution in [-0.4, -0.2) is 21.9 Å². The van der Waals surface area contributed by atoms with Crippen molar-refractivity contribution in [2.45, 2.75) is 32.2 Å². The van der Waals surface area contributed by atoms with Crippen LogP contribution in [0.15, 0.2) is 12.4 Å². The number of aromatic nitrogens is 2. The number of hydrogen-bond donors (Lipinski definition) is 1. The van der Waals surface area contributed by atoms with Crippen molar-refractivity contribution in [2.24, 2.45) is 5.92 Å². The maximum Gasteiger partial charge on any atom is 0.271 e. The molecule has 0 spiro atoms. The van der Waals surface area contributed by atoms with E-state index in [1.54, 1.807) is 0 Å². The lowest BCUT2D eigenvalue weighted by Crippen LogP contribution is -2.36. The largest absolute Gasteiger partial charge is 0.348 e. The summed E-state index contributed by atoms with van der Waals surface area (Å²) in [6, 6.07) is 0.258. The molecule has 0 aliphatic heterocycles. The van der Waals surface area contributed by atoms with Gasteiger partial charge in [-0.1, -0.05) is 24.9 Å². The minimum Gasteiger partial charge on any atom is -0.348 e. The summed E-state index contributed by atoms with van der Waals surface area (Å²) < 4.78 is 0. The number of carbonyl (C=O) groups excluding carboxylic acids is 1. The molecule has 1 aliphatic carbocycles. The quantitative estimate of drug-likeness (QED) is 0.860. The van der Waals surface area contributed by atoms with E-state index in [2.05, 4.69) is 22.2 Å². The Labute approximate surface area is 99.4 Å². The van der Waals surface area contributed by atoms with E-state index in [4.69, 9.17) is 11.6 Å². The Morgan fingerprint density at radius 2 is 2.31 bits per heavy atom. The van der Waals surface area contributed by atoms with Crippen LogP contribution in [0.2, 0.25) is 5.15 Å². The van der Waals surface area contributed by atoms with Crippen LogP contribution in [0.3, 0.4) is 0 Å². The van der Waals surface area contributed by atoms with Crippen molar-refractivity contribution < 1.29 is 4.79 Å². The Morgan fingerprint density at radius 3 is 2.94 bits per heavy atom. The van der Waals surface area contributed by atoms with Crippen LogP contribution in [0, 0.1) is 5.92 Å². The van der Waals surface area contributed by atoms with Gasteiger partial charge in [-0.25, -0.2) is 4.98 Å². The number of amides is 1.